The number of pyridine rings is 1. The van der Waals surface area contributed by atoms with Crippen molar-refractivity contribution in [2.75, 3.05) is 18.9 Å². The molecule has 3 aromatic heterocycles. The van der Waals surface area contributed by atoms with Crippen LogP contribution in [0.25, 0.3) is 27.5 Å². The summed E-state index contributed by atoms with van der Waals surface area (Å²) < 4.78 is 2.06. The molecule has 4 aromatic rings. The van der Waals surface area contributed by atoms with Gasteiger partial charge in [0.25, 0.3) is 0 Å². The van der Waals surface area contributed by atoms with E-state index in [4.69, 9.17) is 10.1 Å². The van der Waals surface area contributed by atoms with E-state index in [1.54, 1.807) is 11.9 Å². The number of thiazole rings is 1. The van der Waals surface area contributed by atoms with Gasteiger partial charge >= 0.3 is 6.03 Å². The number of urea groups is 1. The van der Waals surface area contributed by atoms with Crippen LogP contribution in [0, 0.1) is 6.92 Å². The van der Waals surface area contributed by atoms with E-state index < -0.39 is 0 Å². The largest absolute Gasteiger partial charge is 0.328 e. The molecule has 35 heavy (non-hydrogen) atoms. The number of rotatable bonds is 6. The average Bonchev–Trinajstić information content (AvgIpc) is 3.45. The number of nitrogens with zero attached hydrogens (tertiary/aromatic N) is 5. The Balaban J connectivity index is 1.64. The molecule has 0 saturated carbocycles. The SMILES string of the molecule is CCCc1ccc(-c2nn(-c3ccccc3C)c3c2CCc2nc(NC(=O)N(C)CC)sc2-3)cn1. The number of hydrogen-bond acceptors (Lipinski definition) is 5. The lowest BCUT2D eigenvalue weighted by Gasteiger charge is -2.15. The normalized spacial score (nSPS) is 12.2. The Morgan fingerprint density at radius 3 is 2.71 bits per heavy atom. The first-order chi connectivity index (χ1) is 17.0. The van der Waals surface area contributed by atoms with Crippen molar-refractivity contribution in [2.45, 2.75) is 46.5 Å². The van der Waals surface area contributed by atoms with Gasteiger partial charge in [-0.1, -0.05) is 42.9 Å². The summed E-state index contributed by atoms with van der Waals surface area (Å²) >= 11 is 1.52. The van der Waals surface area contributed by atoms with Crippen molar-refractivity contribution in [3.8, 4) is 27.5 Å². The zero-order valence-electron chi connectivity index (χ0n) is 20.6. The molecule has 8 heteroatoms. The molecule has 0 atom stereocenters. The Kier molecular flexibility index (Phi) is 6.38. The number of hydrogen-bond donors (Lipinski definition) is 1. The number of aromatic nitrogens is 4. The summed E-state index contributed by atoms with van der Waals surface area (Å²) in [6.45, 7) is 6.85. The molecule has 0 saturated heterocycles. The van der Waals surface area contributed by atoms with Crippen LogP contribution in [0.3, 0.4) is 0 Å². The molecule has 2 amide bonds. The van der Waals surface area contributed by atoms with Crippen molar-refractivity contribution in [1.82, 2.24) is 24.6 Å². The molecule has 0 aliphatic heterocycles. The van der Waals surface area contributed by atoms with Crippen molar-refractivity contribution in [3.63, 3.8) is 0 Å². The molecular weight excluding hydrogens is 456 g/mol. The summed E-state index contributed by atoms with van der Waals surface area (Å²) in [6.07, 6.45) is 5.65. The minimum atomic E-state index is -0.148. The Bertz CT molecular complexity index is 1370. The maximum Gasteiger partial charge on any atom is 0.323 e. The van der Waals surface area contributed by atoms with Crippen LogP contribution in [0.1, 0.15) is 42.8 Å². The first-order valence-electron chi connectivity index (χ1n) is 12.2. The third-order valence-corrected chi connectivity index (χ3v) is 7.51. The molecule has 5 rings (SSSR count). The highest BCUT2D eigenvalue weighted by molar-refractivity contribution is 7.19. The number of benzene rings is 1. The van der Waals surface area contributed by atoms with E-state index in [-0.39, 0.29) is 6.03 Å². The zero-order valence-corrected chi connectivity index (χ0v) is 21.4. The van der Waals surface area contributed by atoms with Crippen LogP contribution in [-0.2, 0) is 19.3 Å². The molecule has 0 radical (unpaired) electrons. The minimum absolute atomic E-state index is 0.148. The van der Waals surface area contributed by atoms with E-state index in [9.17, 15) is 4.79 Å². The first kappa shape index (κ1) is 23.2. The second-order valence-electron chi connectivity index (χ2n) is 8.90. The predicted octanol–water partition coefficient (Wildman–Crippen LogP) is 5.90. The fraction of sp³-hybridized carbons (Fsp3) is 0.333. The number of anilines is 1. The fourth-order valence-electron chi connectivity index (χ4n) is 4.43. The summed E-state index contributed by atoms with van der Waals surface area (Å²) in [4.78, 5) is 24.6. The van der Waals surface area contributed by atoms with Gasteiger partial charge in [-0.25, -0.2) is 14.5 Å². The Labute approximate surface area is 209 Å². The summed E-state index contributed by atoms with van der Waals surface area (Å²) in [5, 5.41) is 8.72. The van der Waals surface area contributed by atoms with Gasteiger partial charge in [0.2, 0.25) is 0 Å². The van der Waals surface area contributed by atoms with Crippen LogP contribution in [0.15, 0.2) is 42.6 Å². The van der Waals surface area contributed by atoms with Crippen LogP contribution in [0.5, 0.6) is 0 Å². The van der Waals surface area contributed by atoms with Crippen LogP contribution >= 0.6 is 11.3 Å². The molecule has 1 aromatic carbocycles. The van der Waals surface area contributed by atoms with Gasteiger partial charge in [-0.15, -0.1) is 0 Å². The lowest BCUT2D eigenvalue weighted by molar-refractivity contribution is 0.224. The molecular formula is C27H30N6OS. The van der Waals surface area contributed by atoms with E-state index in [0.29, 0.717) is 11.7 Å². The van der Waals surface area contributed by atoms with Gasteiger partial charge in [-0.2, -0.15) is 5.10 Å². The first-order valence-corrected chi connectivity index (χ1v) is 13.0. The molecule has 1 aliphatic carbocycles. The number of aryl methyl sites for hydroxylation is 3. The van der Waals surface area contributed by atoms with E-state index in [1.807, 2.05) is 25.3 Å². The second-order valence-corrected chi connectivity index (χ2v) is 9.90. The predicted molar refractivity (Wildman–Crippen MR) is 141 cm³/mol. The lowest BCUT2D eigenvalue weighted by Crippen LogP contribution is -2.30. The van der Waals surface area contributed by atoms with Gasteiger partial charge in [0.05, 0.1) is 27.6 Å². The summed E-state index contributed by atoms with van der Waals surface area (Å²) in [5.74, 6) is 0. The smallest absolute Gasteiger partial charge is 0.323 e. The highest BCUT2D eigenvalue weighted by atomic mass is 32.1. The van der Waals surface area contributed by atoms with Gasteiger partial charge < -0.3 is 4.90 Å². The quantitative estimate of drug-likeness (QED) is 0.368. The van der Waals surface area contributed by atoms with Crippen molar-refractivity contribution in [3.05, 3.63) is 65.1 Å². The number of nitrogens with one attached hydrogen (secondary N) is 1. The minimum Gasteiger partial charge on any atom is -0.328 e. The van der Waals surface area contributed by atoms with E-state index in [1.165, 1.54) is 16.9 Å². The van der Waals surface area contributed by atoms with E-state index >= 15 is 0 Å². The standard InChI is InChI=1S/C27H30N6OS/c1-5-9-19-13-12-18(16-28-19)23-20-14-15-21-25(35-26(29-21)30-27(34)32(4)6-2)24(20)33(31-23)22-11-8-7-10-17(22)3/h7-8,10-13,16H,5-6,9,14-15H2,1-4H3,(H,29,30,34). The summed E-state index contributed by atoms with van der Waals surface area (Å²) in [5.41, 5.74) is 8.57. The third-order valence-electron chi connectivity index (χ3n) is 6.49. The average molecular weight is 487 g/mol. The number of para-hydroxylation sites is 1. The number of fused-ring (bicyclic) bond motifs is 3. The maximum atomic E-state index is 12.5. The second kappa shape index (κ2) is 9.62. The van der Waals surface area contributed by atoms with Gasteiger partial charge in [0.1, 0.15) is 0 Å². The molecule has 0 bridgehead atoms. The Morgan fingerprint density at radius 1 is 1.17 bits per heavy atom. The highest BCUT2D eigenvalue weighted by Crippen LogP contribution is 2.44. The molecule has 7 nitrogen and oxygen atoms in total. The monoisotopic (exact) mass is 486 g/mol. The van der Waals surface area contributed by atoms with Crippen LogP contribution in [0.4, 0.5) is 9.93 Å². The van der Waals surface area contributed by atoms with Gasteiger partial charge in [0, 0.05) is 36.6 Å². The van der Waals surface area contributed by atoms with Gasteiger partial charge in [0.15, 0.2) is 5.13 Å². The number of amides is 2. The van der Waals surface area contributed by atoms with Crippen LogP contribution in [0.2, 0.25) is 0 Å². The molecule has 0 unspecified atom stereocenters. The van der Waals surface area contributed by atoms with Crippen molar-refractivity contribution in [1.29, 1.82) is 0 Å². The molecule has 0 fully saturated rings. The topological polar surface area (TPSA) is 75.9 Å². The van der Waals surface area contributed by atoms with E-state index in [0.717, 1.165) is 70.2 Å². The highest BCUT2D eigenvalue weighted by Gasteiger charge is 2.30. The molecule has 0 spiro atoms. The van der Waals surface area contributed by atoms with Crippen molar-refractivity contribution >= 4 is 22.5 Å². The summed E-state index contributed by atoms with van der Waals surface area (Å²) in [7, 11) is 1.78. The Morgan fingerprint density at radius 2 is 2.00 bits per heavy atom. The molecule has 1 aliphatic rings. The van der Waals surface area contributed by atoms with Crippen LogP contribution < -0.4 is 5.32 Å². The molecule has 1 N–H and O–H groups in total. The van der Waals surface area contributed by atoms with Crippen LogP contribution in [-0.4, -0.2) is 44.3 Å². The van der Waals surface area contributed by atoms with Gasteiger partial charge in [-0.05, 0) is 56.9 Å². The van der Waals surface area contributed by atoms with Gasteiger partial charge in [-0.3, -0.25) is 10.3 Å². The third kappa shape index (κ3) is 4.34. The number of carbonyl (C=O) groups excluding carboxylic acids is 1. The van der Waals surface area contributed by atoms with Crippen molar-refractivity contribution in [2.24, 2.45) is 0 Å². The Hall–Kier alpha value is -3.52. The summed E-state index contributed by atoms with van der Waals surface area (Å²) in [6, 6.07) is 12.4. The fourth-order valence-corrected chi connectivity index (χ4v) is 5.49. The zero-order chi connectivity index (χ0) is 24.5. The molecule has 180 valence electrons. The van der Waals surface area contributed by atoms with Crippen molar-refractivity contribution < 1.29 is 4.79 Å². The maximum absolute atomic E-state index is 12.5. The number of carbonyl (C=O) groups is 1. The molecule has 3 heterocycles. The van der Waals surface area contributed by atoms with E-state index in [2.05, 4.69) is 53.1 Å². The lowest BCUT2D eigenvalue weighted by atomic mass is 9.95.